The Bertz CT molecular complexity index is 490. The molecule has 21 heavy (non-hydrogen) atoms. The maximum atomic E-state index is 13.6. The fraction of sp³-hybridized carbons (Fsp3) is 0.667. The summed E-state index contributed by atoms with van der Waals surface area (Å²) in [6.07, 6.45) is 7.79. The van der Waals surface area contributed by atoms with Crippen LogP contribution in [0.25, 0.3) is 0 Å². The summed E-state index contributed by atoms with van der Waals surface area (Å²) in [6, 6.07) is 4.94. The van der Waals surface area contributed by atoms with E-state index in [2.05, 4.69) is 12.2 Å². The van der Waals surface area contributed by atoms with Gasteiger partial charge in [0.1, 0.15) is 5.82 Å². The van der Waals surface area contributed by atoms with E-state index >= 15 is 0 Å². The van der Waals surface area contributed by atoms with Crippen molar-refractivity contribution in [3.05, 3.63) is 34.6 Å². The zero-order valence-electron chi connectivity index (χ0n) is 12.7. The summed E-state index contributed by atoms with van der Waals surface area (Å²) in [5.74, 6) is 2.45. The molecule has 0 radical (unpaired) electrons. The molecule has 1 aromatic carbocycles. The van der Waals surface area contributed by atoms with Crippen LogP contribution in [0, 0.1) is 23.6 Å². The lowest BCUT2D eigenvalue weighted by molar-refractivity contribution is 0.279. The van der Waals surface area contributed by atoms with Crippen LogP contribution >= 0.6 is 11.6 Å². The number of fused-ring (bicyclic) bond motifs is 2. The first kappa shape index (κ1) is 15.3. The van der Waals surface area contributed by atoms with Crippen LogP contribution in [0.3, 0.4) is 0 Å². The molecular weight excluding hydrogens is 285 g/mol. The van der Waals surface area contributed by atoms with Crippen LogP contribution in [0.1, 0.15) is 57.1 Å². The van der Waals surface area contributed by atoms with Crippen molar-refractivity contribution in [1.29, 1.82) is 0 Å². The molecule has 116 valence electrons. The highest BCUT2D eigenvalue weighted by atomic mass is 35.5. The van der Waals surface area contributed by atoms with Crippen LogP contribution in [-0.2, 0) is 0 Å². The van der Waals surface area contributed by atoms with Gasteiger partial charge in [-0.3, -0.25) is 0 Å². The number of rotatable bonds is 6. The zero-order chi connectivity index (χ0) is 14.8. The van der Waals surface area contributed by atoms with Crippen molar-refractivity contribution < 1.29 is 4.39 Å². The largest absolute Gasteiger partial charge is 0.310 e. The second kappa shape index (κ2) is 6.66. The Labute approximate surface area is 132 Å². The minimum absolute atomic E-state index is 0.189. The van der Waals surface area contributed by atoms with Gasteiger partial charge in [0.15, 0.2) is 0 Å². The Hall–Kier alpha value is -0.600. The van der Waals surface area contributed by atoms with Crippen molar-refractivity contribution in [3.8, 4) is 0 Å². The smallest absolute Gasteiger partial charge is 0.123 e. The molecule has 0 aromatic heterocycles. The van der Waals surface area contributed by atoms with Crippen molar-refractivity contribution in [1.82, 2.24) is 5.32 Å². The summed E-state index contributed by atoms with van der Waals surface area (Å²) in [6.45, 7) is 3.12. The Kier molecular flexibility index (Phi) is 4.85. The van der Waals surface area contributed by atoms with Crippen LogP contribution in [0.15, 0.2) is 18.2 Å². The first-order chi connectivity index (χ1) is 10.2. The van der Waals surface area contributed by atoms with Gasteiger partial charge in [-0.2, -0.15) is 0 Å². The maximum absolute atomic E-state index is 13.6. The van der Waals surface area contributed by atoms with Gasteiger partial charge in [-0.15, -0.1) is 0 Å². The van der Waals surface area contributed by atoms with Gasteiger partial charge in [0.25, 0.3) is 0 Å². The molecule has 1 N–H and O–H groups in total. The van der Waals surface area contributed by atoms with E-state index in [0.717, 1.165) is 42.7 Å². The monoisotopic (exact) mass is 309 g/mol. The van der Waals surface area contributed by atoms with Crippen LogP contribution < -0.4 is 5.32 Å². The van der Waals surface area contributed by atoms with E-state index in [-0.39, 0.29) is 11.9 Å². The summed E-state index contributed by atoms with van der Waals surface area (Å²) < 4.78 is 13.6. The highest BCUT2D eigenvalue weighted by Crippen LogP contribution is 2.51. The number of hydrogen-bond acceptors (Lipinski definition) is 1. The average molecular weight is 310 g/mol. The number of benzene rings is 1. The Morgan fingerprint density at radius 2 is 2.19 bits per heavy atom. The predicted molar refractivity (Wildman–Crippen MR) is 86.0 cm³/mol. The van der Waals surface area contributed by atoms with Gasteiger partial charge in [0.05, 0.1) is 0 Å². The number of hydrogen-bond donors (Lipinski definition) is 1. The topological polar surface area (TPSA) is 12.0 Å². The van der Waals surface area contributed by atoms with Crippen molar-refractivity contribution in [2.24, 2.45) is 17.8 Å². The van der Waals surface area contributed by atoms with Crippen molar-refractivity contribution in [2.45, 2.75) is 51.5 Å². The van der Waals surface area contributed by atoms with Gasteiger partial charge in [0.2, 0.25) is 0 Å². The van der Waals surface area contributed by atoms with E-state index in [1.54, 1.807) is 12.1 Å². The SMILES string of the molecule is CCCNC(CC1CC2CCC1C2)c1cc(F)ccc1Cl. The maximum Gasteiger partial charge on any atom is 0.123 e. The first-order valence-electron chi connectivity index (χ1n) is 8.35. The third-order valence-corrected chi connectivity index (χ3v) is 5.74. The van der Waals surface area contributed by atoms with E-state index in [1.807, 2.05) is 0 Å². The summed E-state index contributed by atoms with van der Waals surface area (Å²) in [7, 11) is 0. The number of nitrogens with one attached hydrogen (secondary N) is 1. The molecule has 2 aliphatic rings. The molecule has 0 saturated heterocycles. The molecule has 4 unspecified atom stereocenters. The lowest BCUT2D eigenvalue weighted by Crippen LogP contribution is -2.26. The molecule has 4 atom stereocenters. The second-order valence-electron chi connectivity index (χ2n) is 6.84. The molecule has 0 heterocycles. The van der Waals surface area contributed by atoms with E-state index in [1.165, 1.54) is 31.7 Å². The molecule has 1 nitrogen and oxygen atoms in total. The van der Waals surface area contributed by atoms with Gasteiger partial charge >= 0.3 is 0 Å². The summed E-state index contributed by atoms with van der Waals surface area (Å²) in [5, 5.41) is 4.28. The molecule has 0 aliphatic heterocycles. The molecule has 3 heteroatoms. The Morgan fingerprint density at radius 1 is 1.33 bits per heavy atom. The van der Waals surface area contributed by atoms with Crippen molar-refractivity contribution in [3.63, 3.8) is 0 Å². The summed E-state index contributed by atoms with van der Waals surface area (Å²) in [4.78, 5) is 0. The van der Waals surface area contributed by atoms with E-state index in [0.29, 0.717) is 5.02 Å². The molecule has 2 aliphatic carbocycles. The zero-order valence-corrected chi connectivity index (χ0v) is 13.5. The molecular formula is C18H25ClFN. The Morgan fingerprint density at radius 3 is 2.86 bits per heavy atom. The highest BCUT2D eigenvalue weighted by Gasteiger charge is 2.40. The van der Waals surface area contributed by atoms with Crippen LogP contribution in [0.5, 0.6) is 0 Å². The van der Waals surface area contributed by atoms with Crippen LogP contribution in [-0.4, -0.2) is 6.54 Å². The second-order valence-corrected chi connectivity index (χ2v) is 7.25. The van der Waals surface area contributed by atoms with Gasteiger partial charge in [-0.25, -0.2) is 4.39 Å². The third-order valence-electron chi connectivity index (χ3n) is 5.40. The fourth-order valence-corrected chi connectivity index (χ4v) is 4.64. The molecule has 3 rings (SSSR count). The quantitative estimate of drug-likeness (QED) is 0.747. The fourth-order valence-electron chi connectivity index (χ4n) is 4.39. The van der Waals surface area contributed by atoms with E-state index < -0.39 is 0 Å². The third kappa shape index (κ3) is 3.43. The highest BCUT2D eigenvalue weighted by molar-refractivity contribution is 6.31. The first-order valence-corrected chi connectivity index (χ1v) is 8.73. The van der Waals surface area contributed by atoms with Crippen molar-refractivity contribution >= 4 is 11.6 Å². The molecule has 0 spiro atoms. The van der Waals surface area contributed by atoms with Gasteiger partial charge in [0, 0.05) is 11.1 Å². The predicted octanol–water partition coefficient (Wildman–Crippen LogP) is 5.35. The Balaban J connectivity index is 1.75. The van der Waals surface area contributed by atoms with Crippen LogP contribution in [0.4, 0.5) is 4.39 Å². The molecule has 2 bridgehead atoms. The summed E-state index contributed by atoms with van der Waals surface area (Å²) in [5.41, 5.74) is 0.938. The van der Waals surface area contributed by atoms with E-state index in [4.69, 9.17) is 11.6 Å². The number of halogens is 2. The van der Waals surface area contributed by atoms with E-state index in [9.17, 15) is 4.39 Å². The van der Waals surface area contributed by atoms with Crippen LogP contribution in [0.2, 0.25) is 5.02 Å². The minimum atomic E-state index is -0.189. The standard InChI is InChI=1S/C18H25ClFN/c1-2-7-21-18(16-11-15(20)5-6-17(16)19)10-14-9-12-3-4-13(14)8-12/h5-6,11-14,18,21H,2-4,7-10H2,1H3. The lowest BCUT2D eigenvalue weighted by Gasteiger charge is -2.28. The lowest BCUT2D eigenvalue weighted by atomic mass is 9.82. The summed E-state index contributed by atoms with van der Waals surface area (Å²) >= 11 is 6.33. The molecule has 0 amide bonds. The van der Waals surface area contributed by atoms with Gasteiger partial charge < -0.3 is 5.32 Å². The van der Waals surface area contributed by atoms with Crippen molar-refractivity contribution in [2.75, 3.05) is 6.54 Å². The molecule has 2 saturated carbocycles. The molecule has 1 aromatic rings. The normalized spacial score (nSPS) is 29.0. The van der Waals surface area contributed by atoms with Gasteiger partial charge in [-0.05, 0) is 80.2 Å². The molecule has 2 fully saturated rings. The average Bonchev–Trinajstić information content (AvgIpc) is 3.08. The minimum Gasteiger partial charge on any atom is -0.310 e. The van der Waals surface area contributed by atoms with Gasteiger partial charge in [-0.1, -0.05) is 24.9 Å².